The first kappa shape index (κ1) is 20.4. The second kappa shape index (κ2) is 8.38. The van der Waals surface area contributed by atoms with Gasteiger partial charge in [0.2, 0.25) is 0 Å². The van der Waals surface area contributed by atoms with Crippen LogP contribution in [-0.4, -0.2) is 22.3 Å². The van der Waals surface area contributed by atoms with Gasteiger partial charge in [-0.1, -0.05) is 24.3 Å². The molecule has 0 radical (unpaired) electrons. The second-order valence-electron chi connectivity index (χ2n) is 6.33. The van der Waals surface area contributed by atoms with Gasteiger partial charge in [-0.05, 0) is 38.1 Å². The fraction of sp³-hybridized carbons (Fsp3) is 0.238. The highest BCUT2D eigenvalue weighted by Crippen LogP contribution is 2.30. The summed E-state index contributed by atoms with van der Waals surface area (Å²) in [4.78, 5) is 12.6. The maximum atomic E-state index is 13.0. The van der Waals surface area contributed by atoms with Gasteiger partial charge in [-0.15, -0.1) is 0 Å². The topological polar surface area (TPSA) is 56.1 Å². The molecule has 1 aromatic heterocycles. The van der Waals surface area contributed by atoms with Gasteiger partial charge in [0.1, 0.15) is 5.75 Å². The number of benzene rings is 2. The van der Waals surface area contributed by atoms with Crippen LogP contribution in [0.15, 0.2) is 54.7 Å². The Morgan fingerprint density at radius 2 is 1.93 bits per heavy atom. The van der Waals surface area contributed by atoms with Crippen molar-refractivity contribution < 1.29 is 22.7 Å². The van der Waals surface area contributed by atoms with E-state index in [1.165, 1.54) is 23.0 Å². The number of carbonyl (C=O) groups excluding carboxylic acids is 1. The number of halogens is 3. The van der Waals surface area contributed by atoms with Gasteiger partial charge in [0.05, 0.1) is 35.3 Å². The number of nitrogens with one attached hydrogen (secondary N) is 1. The lowest BCUT2D eigenvalue weighted by molar-refractivity contribution is -0.137. The molecule has 3 aromatic rings. The van der Waals surface area contributed by atoms with Crippen molar-refractivity contribution in [3.8, 4) is 11.4 Å². The molecule has 8 heteroatoms. The van der Waals surface area contributed by atoms with Gasteiger partial charge in [0.25, 0.3) is 5.91 Å². The molecule has 0 saturated heterocycles. The zero-order chi connectivity index (χ0) is 21.0. The van der Waals surface area contributed by atoms with E-state index in [1.807, 2.05) is 31.2 Å². The van der Waals surface area contributed by atoms with Gasteiger partial charge in [0, 0.05) is 12.1 Å². The van der Waals surface area contributed by atoms with Crippen LogP contribution in [-0.2, 0) is 12.7 Å². The molecule has 0 bridgehead atoms. The Bertz CT molecular complexity index is 1010. The van der Waals surface area contributed by atoms with Crippen molar-refractivity contribution in [2.75, 3.05) is 6.61 Å². The Labute approximate surface area is 166 Å². The van der Waals surface area contributed by atoms with E-state index in [-0.39, 0.29) is 23.7 Å². The molecule has 0 spiro atoms. The summed E-state index contributed by atoms with van der Waals surface area (Å²) in [5, 5.41) is 6.90. The van der Waals surface area contributed by atoms with Crippen molar-refractivity contribution in [1.82, 2.24) is 15.1 Å². The first-order valence-corrected chi connectivity index (χ1v) is 9.02. The average molecular weight is 403 g/mol. The number of rotatable bonds is 6. The number of para-hydroxylation sites is 1. The van der Waals surface area contributed by atoms with E-state index in [2.05, 4.69) is 10.4 Å². The van der Waals surface area contributed by atoms with Crippen LogP contribution in [0.4, 0.5) is 13.2 Å². The molecular formula is C21H20F3N3O2. The Morgan fingerprint density at radius 3 is 2.66 bits per heavy atom. The Morgan fingerprint density at radius 1 is 1.17 bits per heavy atom. The second-order valence-corrected chi connectivity index (χ2v) is 6.33. The Balaban J connectivity index is 1.78. The molecule has 0 atom stereocenters. The minimum Gasteiger partial charge on any atom is -0.494 e. The molecule has 0 fully saturated rings. The highest BCUT2D eigenvalue weighted by Gasteiger charge is 2.30. The lowest BCUT2D eigenvalue weighted by atomic mass is 10.1. The van der Waals surface area contributed by atoms with Gasteiger partial charge >= 0.3 is 6.18 Å². The van der Waals surface area contributed by atoms with Crippen molar-refractivity contribution in [3.05, 3.63) is 77.1 Å². The monoisotopic (exact) mass is 403 g/mol. The van der Waals surface area contributed by atoms with Crippen molar-refractivity contribution in [2.45, 2.75) is 26.6 Å². The van der Waals surface area contributed by atoms with Crippen LogP contribution in [0.5, 0.6) is 5.75 Å². The van der Waals surface area contributed by atoms with Crippen LogP contribution >= 0.6 is 0 Å². The maximum Gasteiger partial charge on any atom is 0.416 e. The number of hydrogen-bond donors (Lipinski definition) is 1. The zero-order valence-electron chi connectivity index (χ0n) is 16.0. The lowest BCUT2D eigenvalue weighted by Crippen LogP contribution is -2.23. The molecule has 0 unspecified atom stereocenters. The molecule has 0 aliphatic rings. The molecule has 29 heavy (non-hydrogen) atoms. The van der Waals surface area contributed by atoms with Crippen LogP contribution in [0.25, 0.3) is 5.69 Å². The zero-order valence-corrected chi connectivity index (χ0v) is 16.0. The quantitative estimate of drug-likeness (QED) is 0.658. The number of alkyl halides is 3. The van der Waals surface area contributed by atoms with E-state index in [0.717, 1.165) is 17.7 Å². The summed E-state index contributed by atoms with van der Waals surface area (Å²) in [5.74, 6) is 0.318. The number of amides is 1. The molecule has 0 aliphatic heterocycles. The van der Waals surface area contributed by atoms with Crippen molar-refractivity contribution >= 4 is 5.91 Å². The highest BCUT2D eigenvalue weighted by molar-refractivity contribution is 5.95. The normalized spacial score (nSPS) is 11.3. The first-order valence-electron chi connectivity index (χ1n) is 9.02. The summed E-state index contributed by atoms with van der Waals surface area (Å²) in [6.45, 7) is 4.27. The lowest BCUT2D eigenvalue weighted by Gasteiger charge is -2.11. The van der Waals surface area contributed by atoms with Crippen LogP contribution in [0, 0.1) is 6.92 Å². The number of hydrogen-bond acceptors (Lipinski definition) is 3. The number of carbonyl (C=O) groups is 1. The molecule has 0 saturated carbocycles. The first-order chi connectivity index (χ1) is 13.8. The Kier molecular flexibility index (Phi) is 5.91. The number of nitrogens with zero attached hydrogens (tertiary/aromatic N) is 2. The fourth-order valence-electron chi connectivity index (χ4n) is 2.92. The van der Waals surface area contributed by atoms with Crippen LogP contribution in [0.1, 0.15) is 34.1 Å². The molecule has 3 rings (SSSR count). The molecule has 1 N–H and O–H groups in total. The van der Waals surface area contributed by atoms with Crippen molar-refractivity contribution in [3.63, 3.8) is 0 Å². The molecule has 0 aliphatic carbocycles. The fourth-order valence-corrected chi connectivity index (χ4v) is 2.92. The molecule has 5 nitrogen and oxygen atoms in total. The highest BCUT2D eigenvalue weighted by atomic mass is 19.4. The minimum atomic E-state index is -4.45. The van der Waals surface area contributed by atoms with Crippen LogP contribution in [0.3, 0.4) is 0 Å². The third-order valence-electron chi connectivity index (χ3n) is 4.38. The number of aromatic nitrogens is 2. The third kappa shape index (κ3) is 4.59. The van der Waals surface area contributed by atoms with Gasteiger partial charge < -0.3 is 10.1 Å². The van der Waals surface area contributed by atoms with Crippen molar-refractivity contribution in [2.24, 2.45) is 0 Å². The van der Waals surface area contributed by atoms with Gasteiger partial charge in [-0.25, -0.2) is 4.68 Å². The standard InChI is InChI=1S/C21H20F3N3O2/c1-3-29-19-10-5-4-7-15(19)12-25-20(28)18-13-26-27(14(18)2)17-9-6-8-16(11-17)21(22,23)24/h4-11,13H,3,12H2,1-2H3,(H,25,28). The summed E-state index contributed by atoms with van der Waals surface area (Å²) in [7, 11) is 0. The van der Waals surface area contributed by atoms with Crippen LogP contribution in [0.2, 0.25) is 0 Å². The molecule has 2 aromatic carbocycles. The number of ether oxygens (including phenoxy) is 1. The smallest absolute Gasteiger partial charge is 0.416 e. The molecule has 152 valence electrons. The van der Waals surface area contributed by atoms with E-state index in [1.54, 1.807) is 6.92 Å². The third-order valence-corrected chi connectivity index (χ3v) is 4.38. The van der Waals surface area contributed by atoms with Gasteiger partial charge in [-0.2, -0.15) is 18.3 Å². The van der Waals surface area contributed by atoms with E-state index in [4.69, 9.17) is 4.74 Å². The maximum absolute atomic E-state index is 13.0. The van der Waals surface area contributed by atoms with E-state index < -0.39 is 11.7 Å². The van der Waals surface area contributed by atoms with E-state index in [0.29, 0.717) is 18.1 Å². The van der Waals surface area contributed by atoms with Crippen LogP contribution < -0.4 is 10.1 Å². The SMILES string of the molecule is CCOc1ccccc1CNC(=O)c1cnn(-c2cccc(C(F)(F)F)c2)c1C. The van der Waals surface area contributed by atoms with Gasteiger partial charge in [0.15, 0.2) is 0 Å². The largest absolute Gasteiger partial charge is 0.494 e. The molecule has 1 heterocycles. The van der Waals surface area contributed by atoms with Crippen molar-refractivity contribution in [1.29, 1.82) is 0 Å². The summed E-state index contributed by atoms with van der Waals surface area (Å²) in [6.07, 6.45) is -3.11. The summed E-state index contributed by atoms with van der Waals surface area (Å²) in [5.41, 5.74) is 1.02. The Hall–Kier alpha value is -3.29. The van der Waals surface area contributed by atoms with E-state index >= 15 is 0 Å². The molecule has 1 amide bonds. The summed E-state index contributed by atoms with van der Waals surface area (Å²) >= 11 is 0. The predicted octanol–water partition coefficient (Wildman–Crippen LogP) is 4.53. The summed E-state index contributed by atoms with van der Waals surface area (Å²) < 4.78 is 45.7. The summed E-state index contributed by atoms with van der Waals surface area (Å²) in [6, 6.07) is 12.2. The van der Waals surface area contributed by atoms with Gasteiger partial charge in [-0.3, -0.25) is 4.79 Å². The predicted molar refractivity (Wildman–Crippen MR) is 102 cm³/mol. The van der Waals surface area contributed by atoms with E-state index in [9.17, 15) is 18.0 Å². The molecular weight excluding hydrogens is 383 g/mol. The minimum absolute atomic E-state index is 0.234. The average Bonchev–Trinajstić information content (AvgIpc) is 3.08.